The van der Waals surface area contributed by atoms with Gasteiger partial charge in [0.1, 0.15) is 5.69 Å². The van der Waals surface area contributed by atoms with Crippen LogP contribution in [-0.4, -0.2) is 45.3 Å². The van der Waals surface area contributed by atoms with Gasteiger partial charge in [0.05, 0.1) is 12.6 Å². The molecule has 1 saturated carbocycles. The van der Waals surface area contributed by atoms with E-state index in [1.807, 2.05) is 4.90 Å². The predicted molar refractivity (Wildman–Crippen MR) is 87.1 cm³/mol. The second kappa shape index (κ2) is 7.15. The first-order valence-electron chi connectivity index (χ1n) is 8.66. The Morgan fingerprint density at radius 1 is 1.29 bits per heavy atom. The SMILES string of the molecule is C=C1CCC(C(=O)N2CCCC2c2n[nH]nc2C(=O)OCC)CC1. The highest BCUT2D eigenvalue weighted by molar-refractivity contribution is 5.89. The summed E-state index contributed by atoms with van der Waals surface area (Å²) in [5, 5.41) is 10.6. The summed E-state index contributed by atoms with van der Waals surface area (Å²) in [5.74, 6) is -0.272. The Labute approximate surface area is 141 Å². The van der Waals surface area contributed by atoms with Crippen LogP contribution in [0.3, 0.4) is 0 Å². The number of likely N-dealkylation sites (tertiary alicyclic amines) is 1. The Bertz CT molecular complexity index is 630. The molecule has 1 aliphatic carbocycles. The van der Waals surface area contributed by atoms with Gasteiger partial charge in [-0.25, -0.2) is 4.79 Å². The first-order chi connectivity index (χ1) is 11.6. The Morgan fingerprint density at radius 2 is 2.04 bits per heavy atom. The largest absolute Gasteiger partial charge is 0.461 e. The van der Waals surface area contributed by atoms with Gasteiger partial charge in [0, 0.05) is 12.5 Å². The number of allylic oxidation sites excluding steroid dienone is 1. The molecule has 1 N–H and O–H groups in total. The van der Waals surface area contributed by atoms with Gasteiger partial charge >= 0.3 is 5.97 Å². The standard InChI is InChI=1S/C17H24N4O3/c1-3-24-17(23)15-14(18-20-19-15)13-5-4-10-21(13)16(22)12-8-6-11(2)7-9-12/h12-13H,2-10H2,1H3,(H,18,19,20). The number of hydrogen-bond acceptors (Lipinski definition) is 5. The maximum atomic E-state index is 12.9. The highest BCUT2D eigenvalue weighted by Gasteiger charge is 2.38. The molecule has 2 fully saturated rings. The molecule has 1 aliphatic heterocycles. The lowest BCUT2D eigenvalue weighted by Gasteiger charge is -2.30. The minimum absolute atomic E-state index is 0.0500. The van der Waals surface area contributed by atoms with Crippen LogP contribution >= 0.6 is 0 Å². The zero-order valence-electron chi connectivity index (χ0n) is 14.1. The second-order valence-electron chi connectivity index (χ2n) is 6.49. The molecule has 7 heteroatoms. The van der Waals surface area contributed by atoms with Crippen molar-refractivity contribution in [3.05, 3.63) is 23.5 Å². The maximum absolute atomic E-state index is 12.9. The summed E-state index contributed by atoms with van der Waals surface area (Å²) in [6, 6.07) is -0.194. The summed E-state index contributed by atoms with van der Waals surface area (Å²) in [5.41, 5.74) is 1.95. The number of esters is 1. The topological polar surface area (TPSA) is 88.2 Å². The fraction of sp³-hybridized carbons (Fsp3) is 0.647. The van der Waals surface area contributed by atoms with Crippen LogP contribution in [0.1, 0.15) is 67.7 Å². The van der Waals surface area contributed by atoms with Gasteiger partial charge in [-0.2, -0.15) is 10.3 Å². The molecule has 1 aromatic heterocycles. The van der Waals surface area contributed by atoms with Crippen LogP contribution in [0.4, 0.5) is 0 Å². The summed E-state index contributed by atoms with van der Waals surface area (Å²) >= 11 is 0. The van der Waals surface area contributed by atoms with E-state index in [9.17, 15) is 9.59 Å². The van der Waals surface area contributed by atoms with E-state index in [4.69, 9.17) is 4.74 Å². The molecule has 2 heterocycles. The monoisotopic (exact) mass is 332 g/mol. The van der Waals surface area contributed by atoms with E-state index in [1.54, 1.807) is 6.92 Å². The third-order valence-electron chi connectivity index (χ3n) is 4.94. The molecule has 130 valence electrons. The smallest absolute Gasteiger partial charge is 0.360 e. The van der Waals surface area contributed by atoms with Gasteiger partial charge in [-0.15, -0.1) is 5.10 Å². The van der Waals surface area contributed by atoms with Gasteiger partial charge < -0.3 is 9.64 Å². The highest BCUT2D eigenvalue weighted by atomic mass is 16.5. The molecule has 1 unspecified atom stereocenters. The van der Waals surface area contributed by atoms with E-state index >= 15 is 0 Å². The van der Waals surface area contributed by atoms with E-state index < -0.39 is 5.97 Å². The van der Waals surface area contributed by atoms with E-state index in [0.29, 0.717) is 12.2 Å². The number of rotatable bonds is 4. The van der Waals surface area contributed by atoms with E-state index in [-0.39, 0.29) is 30.2 Å². The summed E-state index contributed by atoms with van der Waals surface area (Å²) in [6.07, 6.45) is 5.28. The lowest BCUT2D eigenvalue weighted by molar-refractivity contribution is -0.137. The summed E-state index contributed by atoms with van der Waals surface area (Å²) in [4.78, 5) is 26.9. The summed E-state index contributed by atoms with van der Waals surface area (Å²) in [6.45, 7) is 6.75. The van der Waals surface area contributed by atoms with Gasteiger partial charge in [0.15, 0.2) is 5.69 Å². The zero-order valence-corrected chi connectivity index (χ0v) is 14.1. The van der Waals surface area contributed by atoms with Crippen LogP contribution in [0.25, 0.3) is 0 Å². The average molecular weight is 332 g/mol. The fourth-order valence-corrected chi connectivity index (χ4v) is 3.64. The van der Waals surface area contributed by atoms with Crippen LogP contribution in [0.15, 0.2) is 12.2 Å². The maximum Gasteiger partial charge on any atom is 0.360 e. The third kappa shape index (κ3) is 3.20. The molecule has 0 aromatic carbocycles. The number of amides is 1. The zero-order chi connectivity index (χ0) is 17.1. The van der Waals surface area contributed by atoms with Crippen molar-refractivity contribution < 1.29 is 14.3 Å². The molecule has 0 radical (unpaired) electrons. The Morgan fingerprint density at radius 3 is 2.75 bits per heavy atom. The van der Waals surface area contributed by atoms with Crippen molar-refractivity contribution >= 4 is 11.9 Å². The number of ether oxygens (including phenoxy) is 1. The van der Waals surface area contributed by atoms with Gasteiger partial charge in [0.25, 0.3) is 0 Å². The van der Waals surface area contributed by atoms with E-state index in [0.717, 1.165) is 38.5 Å². The molecular formula is C17H24N4O3. The van der Waals surface area contributed by atoms with E-state index in [2.05, 4.69) is 22.0 Å². The first kappa shape index (κ1) is 16.7. The van der Waals surface area contributed by atoms with Crippen molar-refractivity contribution in [1.29, 1.82) is 0 Å². The number of carbonyl (C=O) groups excluding carboxylic acids is 2. The Hall–Kier alpha value is -2.18. The number of aromatic amines is 1. The van der Waals surface area contributed by atoms with Crippen molar-refractivity contribution in [1.82, 2.24) is 20.3 Å². The molecule has 1 atom stereocenters. The number of nitrogens with one attached hydrogen (secondary N) is 1. The summed E-state index contributed by atoms with van der Waals surface area (Å²) < 4.78 is 5.04. The molecule has 24 heavy (non-hydrogen) atoms. The van der Waals surface area contributed by atoms with Gasteiger partial charge in [-0.3, -0.25) is 4.79 Å². The van der Waals surface area contributed by atoms with Crippen molar-refractivity contribution in [2.45, 2.75) is 51.5 Å². The fourth-order valence-electron chi connectivity index (χ4n) is 3.64. The predicted octanol–water partition coefficient (Wildman–Crippen LogP) is 2.39. The molecular weight excluding hydrogens is 308 g/mol. The molecule has 1 saturated heterocycles. The minimum Gasteiger partial charge on any atom is -0.461 e. The van der Waals surface area contributed by atoms with Crippen LogP contribution in [-0.2, 0) is 9.53 Å². The Kier molecular flexibility index (Phi) is 4.97. The van der Waals surface area contributed by atoms with Crippen LogP contribution in [0, 0.1) is 5.92 Å². The molecule has 1 amide bonds. The lowest BCUT2D eigenvalue weighted by Crippen LogP contribution is -2.37. The van der Waals surface area contributed by atoms with Crippen LogP contribution in [0.5, 0.6) is 0 Å². The minimum atomic E-state index is -0.491. The molecule has 3 rings (SSSR count). The molecule has 7 nitrogen and oxygen atoms in total. The van der Waals surface area contributed by atoms with Crippen LogP contribution < -0.4 is 0 Å². The number of H-pyrrole nitrogens is 1. The molecule has 0 bridgehead atoms. The highest BCUT2D eigenvalue weighted by Crippen LogP contribution is 2.36. The Balaban J connectivity index is 1.76. The van der Waals surface area contributed by atoms with Crippen LogP contribution in [0.2, 0.25) is 0 Å². The van der Waals surface area contributed by atoms with Crippen molar-refractivity contribution in [3.8, 4) is 0 Å². The number of aromatic nitrogens is 3. The van der Waals surface area contributed by atoms with Gasteiger partial charge in [0.2, 0.25) is 5.91 Å². The number of hydrogen-bond donors (Lipinski definition) is 1. The molecule has 1 aromatic rings. The third-order valence-corrected chi connectivity index (χ3v) is 4.94. The van der Waals surface area contributed by atoms with Gasteiger partial charge in [-0.1, -0.05) is 12.2 Å². The second-order valence-corrected chi connectivity index (χ2v) is 6.49. The van der Waals surface area contributed by atoms with Crippen molar-refractivity contribution in [2.24, 2.45) is 5.92 Å². The molecule has 0 spiro atoms. The normalized spacial score (nSPS) is 22.0. The first-order valence-corrected chi connectivity index (χ1v) is 8.66. The van der Waals surface area contributed by atoms with Crippen molar-refractivity contribution in [2.75, 3.05) is 13.2 Å². The average Bonchev–Trinajstić information content (AvgIpc) is 3.23. The lowest BCUT2D eigenvalue weighted by atomic mass is 9.85. The quantitative estimate of drug-likeness (QED) is 0.675. The molecule has 2 aliphatic rings. The van der Waals surface area contributed by atoms with Crippen molar-refractivity contribution in [3.63, 3.8) is 0 Å². The number of carbonyl (C=O) groups is 2. The van der Waals surface area contributed by atoms with Gasteiger partial charge in [-0.05, 0) is 45.4 Å². The number of nitrogens with zero attached hydrogens (tertiary/aromatic N) is 3. The van der Waals surface area contributed by atoms with E-state index in [1.165, 1.54) is 5.57 Å². The summed E-state index contributed by atoms with van der Waals surface area (Å²) in [7, 11) is 0.